The van der Waals surface area contributed by atoms with E-state index in [0.717, 1.165) is 36.8 Å². The van der Waals surface area contributed by atoms with Crippen molar-refractivity contribution in [2.75, 3.05) is 37.3 Å². The van der Waals surface area contributed by atoms with E-state index >= 15 is 0 Å². The van der Waals surface area contributed by atoms with Crippen molar-refractivity contribution in [2.24, 2.45) is 0 Å². The second-order valence-electron chi connectivity index (χ2n) is 8.25. The van der Waals surface area contributed by atoms with Gasteiger partial charge in [-0.05, 0) is 29.5 Å². The fourth-order valence-corrected chi connectivity index (χ4v) is 6.13. The van der Waals surface area contributed by atoms with E-state index in [4.69, 9.17) is 4.98 Å². The normalized spacial score (nSPS) is 14.2. The number of piperazine rings is 1. The minimum absolute atomic E-state index is 0.0761. The predicted molar refractivity (Wildman–Crippen MR) is 140 cm³/mol. The van der Waals surface area contributed by atoms with E-state index in [9.17, 15) is 4.79 Å². The fraction of sp³-hybridized carbons (Fsp3) is 0.259. The zero-order valence-corrected chi connectivity index (χ0v) is 20.3. The van der Waals surface area contributed by atoms with Crippen molar-refractivity contribution in [2.45, 2.75) is 17.2 Å². The Bertz CT molecular complexity index is 1180. The van der Waals surface area contributed by atoms with Crippen molar-refractivity contribution in [3.8, 4) is 0 Å². The molecule has 3 aromatic carbocycles. The lowest BCUT2D eigenvalue weighted by molar-refractivity contribution is -0.131. The summed E-state index contributed by atoms with van der Waals surface area (Å²) in [6.45, 7) is 3.11. The number of thiazole rings is 1. The Kier molecular flexibility index (Phi) is 6.65. The molecule has 168 valence electrons. The van der Waals surface area contributed by atoms with E-state index in [1.807, 2.05) is 17.0 Å². The maximum Gasteiger partial charge on any atom is 0.223 e. The lowest BCUT2D eigenvalue weighted by Crippen LogP contribution is -2.49. The number of amides is 1. The summed E-state index contributed by atoms with van der Waals surface area (Å²) in [6, 6.07) is 27.1. The van der Waals surface area contributed by atoms with E-state index < -0.39 is 0 Å². The highest BCUT2D eigenvalue weighted by atomic mass is 32.2. The van der Waals surface area contributed by atoms with Crippen LogP contribution < -0.4 is 4.90 Å². The molecular formula is C27H27N3OS2. The van der Waals surface area contributed by atoms with Gasteiger partial charge in [-0.15, -0.1) is 11.8 Å². The molecule has 0 atom stereocenters. The molecule has 1 aliphatic rings. The molecular weight excluding hydrogens is 446 g/mol. The smallest absolute Gasteiger partial charge is 0.223 e. The lowest BCUT2D eigenvalue weighted by Gasteiger charge is -2.35. The van der Waals surface area contributed by atoms with Gasteiger partial charge in [-0.2, -0.15) is 0 Å². The molecule has 33 heavy (non-hydrogen) atoms. The Balaban J connectivity index is 1.27. The summed E-state index contributed by atoms with van der Waals surface area (Å²) in [6.07, 6.45) is 2.59. The van der Waals surface area contributed by atoms with Crippen LogP contribution in [0.15, 0.2) is 83.8 Å². The van der Waals surface area contributed by atoms with E-state index in [1.165, 1.54) is 20.7 Å². The molecule has 0 spiro atoms. The number of carbonyl (C=O) groups excluding carboxylic acids is 1. The molecule has 4 nitrogen and oxygen atoms in total. The molecule has 1 amide bonds. The third-order valence-electron chi connectivity index (χ3n) is 6.28. The monoisotopic (exact) mass is 473 g/mol. The lowest BCUT2D eigenvalue weighted by atomic mass is 9.88. The second-order valence-corrected chi connectivity index (χ2v) is 10.1. The van der Waals surface area contributed by atoms with Crippen LogP contribution in [0.5, 0.6) is 0 Å². The summed E-state index contributed by atoms with van der Waals surface area (Å²) in [5, 5.41) is 1.06. The van der Waals surface area contributed by atoms with E-state index in [-0.39, 0.29) is 11.8 Å². The fourth-order valence-electron chi connectivity index (χ4n) is 4.46. The molecule has 0 unspecified atom stereocenters. The zero-order valence-electron chi connectivity index (χ0n) is 18.7. The number of anilines is 1. The van der Waals surface area contributed by atoms with Crippen LogP contribution in [0.3, 0.4) is 0 Å². The average Bonchev–Trinajstić information content (AvgIpc) is 3.33. The van der Waals surface area contributed by atoms with Gasteiger partial charge in [-0.1, -0.05) is 78.1 Å². The Hall–Kier alpha value is -2.83. The van der Waals surface area contributed by atoms with Crippen LogP contribution in [0.4, 0.5) is 5.13 Å². The van der Waals surface area contributed by atoms with Gasteiger partial charge in [-0.3, -0.25) is 4.79 Å². The molecule has 0 aliphatic carbocycles. The topological polar surface area (TPSA) is 36.4 Å². The zero-order chi connectivity index (χ0) is 22.6. The third kappa shape index (κ3) is 4.77. The molecule has 0 bridgehead atoms. The quantitative estimate of drug-likeness (QED) is 0.327. The molecule has 1 aromatic heterocycles. The second kappa shape index (κ2) is 9.98. The molecule has 0 radical (unpaired) electrons. The molecule has 0 N–H and O–H groups in total. The average molecular weight is 474 g/mol. The first kappa shape index (κ1) is 22.0. The first-order valence-corrected chi connectivity index (χ1v) is 13.3. The largest absolute Gasteiger partial charge is 0.345 e. The van der Waals surface area contributed by atoms with E-state index in [1.54, 1.807) is 23.1 Å². The van der Waals surface area contributed by atoms with Gasteiger partial charge in [0.2, 0.25) is 5.91 Å². The SMILES string of the molecule is CSc1cccc2sc(N3CCN(C(=O)CC(c4ccccc4)c4ccccc4)CC3)nc12. The molecule has 5 rings (SSSR count). The van der Waals surface area contributed by atoms with Crippen LogP contribution in [0.1, 0.15) is 23.5 Å². The van der Waals surface area contributed by atoms with Crippen LogP contribution in [-0.2, 0) is 4.79 Å². The van der Waals surface area contributed by atoms with Gasteiger partial charge in [0.1, 0.15) is 0 Å². The summed E-state index contributed by atoms with van der Waals surface area (Å²) >= 11 is 3.48. The van der Waals surface area contributed by atoms with Crippen molar-refractivity contribution < 1.29 is 4.79 Å². The number of fused-ring (bicyclic) bond motifs is 1. The Morgan fingerprint density at radius 2 is 1.55 bits per heavy atom. The van der Waals surface area contributed by atoms with Crippen molar-refractivity contribution in [1.82, 2.24) is 9.88 Å². The van der Waals surface area contributed by atoms with Crippen molar-refractivity contribution in [3.05, 3.63) is 90.0 Å². The molecule has 6 heteroatoms. The molecule has 4 aromatic rings. The number of benzene rings is 3. The van der Waals surface area contributed by atoms with Gasteiger partial charge in [0, 0.05) is 43.4 Å². The first-order chi connectivity index (χ1) is 16.2. The number of hydrogen-bond donors (Lipinski definition) is 0. The Morgan fingerprint density at radius 1 is 0.909 bits per heavy atom. The highest BCUT2D eigenvalue weighted by molar-refractivity contribution is 7.98. The number of thioether (sulfide) groups is 1. The number of aromatic nitrogens is 1. The summed E-state index contributed by atoms with van der Waals surface area (Å²) in [5.41, 5.74) is 3.47. The third-order valence-corrected chi connectivity index (χ3v) is 8.13. The number of hydrogen-bond acceptors (Lipinski definition) is 5. The predicted octanol–water partition coefficient (Wildman–Crippen LogP) is 5.89. The van der Waals surface area contributed by atoms with Crippen molar-refractivity contribution in [1.29, 1.82) is 0 Å². The van der Waals surface area contributed by atoms with Crippen LogP contribution in [0.25, 0.3) is 10.2 Å². The van der Waals surface area contributed by atoms with Crippen molar-refractivity contribution >= 4 is 44.4 Å². The number of rotatable bonds is 6. The molecule has 0 saturated carbocycles. The van der Waals surface area contributed by atoms with E-state index in [2.05, 4.69) is 77.9 Å². The minimum atomic E-state index is 0.0761. The molecule has 1 aliphatic heterocycles. The van der Waals surface area contributed by atoms with Gasteiger partial charge in [-0.25, -0.2) is 4.98 Å². The Morgan fingerprint density at radius 3 is 2.15 bits per heavy atom. The van der Waals surface area contributed by atoms with Crippen LogP contribution in [0.2, 0.25) is 0 Å². The summed E-state index contributed by atoms with van der Waals surface area (Å²) in [7, 11) is 0. The number of nitrogens with zero attached hydrogens (tertiary/aromatic N) is 3. The molecule has 2 heterocycles. The van der Waals surface area contributed by atoms with Gasteiger partial charge < -0.3 is 9.80 Å². The van der Waals surface area contributed by atoms with Crippen LogP contribution in [-0.4, -0.2) is 48.2 Å². The van der Waals surface area contributed by atoms with E-state index in [0.29, 0.717) is 6.42 Å². The first-order valence-electron chi connectivity index (χ1n) is 11.3. The highest BCUT2D eigenvalue weighted by Gasteiger charge is 2.26. The van der Waals surface area contributed by atoms with Crippen LogP contribution >= 0.6 is 23.1 Å². The van der Waals surface area contributed by atoms with Crippen LogP contribution in [0, 0.1) is 0 Å². The summed E-state index contributed by atoms with van der Waals surface area (Å²) < 4.78 is 1.23. The summed E-state index contributed by atoms with van der Waals surface area (Å²) in [5.74, 6) is 0.300. The maximum atomic E-state index is 13.3. The van der Waals surface area contributed by atoms with Gasteiger partial charge >= 0.3 is 0 Å². The molecule has 1 saturated heterocycles. The van der Waals surface area contributed by atoms with Crippen molar-refractivity contribution in [3.63, 3.8) is 0 Å². The Labute approximate surface area is 203 Å². The van der Waals surface area contributed by atoms with Gasteiger partial charge in [0.05, 0.1) is 10.2 Å². The maximum absolute atomic E-state index is 13.3. The standard InChI is InChI=1S/C27H27N3OS2/c1-32-23-13-8-14-24-26(23)28-27(33-24)30-17-15-29(16-18-30)25(31)19-22(20-9-4-2-5-10-20)21-11-6-3-7-12-21/h2-14,22H,15-19H2,1H3. The minimum Gasteiger partial charge on any atom is -0.345 e. The van der Waals surface area contributed by atoms with Gasteiger partial charge in [0.25, 0.3) is 0 Å². The number of carbonyl (C=O) groups is 1. The molecule has 1 fully saturated rings. The van der Waals surface area contributed by atoms with Gasteiger partial charge in [0.15, 0.2) is 5.13 Å². The summed E-state index contributed by atoms with van der Waals surface area (Å²) in [4.78, 5) is 23.8. The number of para-hydroxylation sites is 1. The highest BCUT2D eigenvalue weighted by Crippen LogP contribution is 2.34.